The predicted molar refractivity (Wildman–Crippen MR) is 75.5 cm³/mol. The molecular weight excluding hydrogens is 325 g/mol. The highest BCUT2D eigenvalue weighted by Gasteiger charge is 2.40. The van der Waals surface area contributed by atoms with Gasteiger partial charge >= 0.3 is 5.97 Å². The summed E-state index contributed by atoms with van der Waals surface area (Å²) in [5, 5.41) is 9.47. The summed E-state index contributed by atoms with van der Waals surface area (Å²) in [7, 11) is -3.75. The Balaban J connectivity index is 2.32. The SMILES string of the molecule is CC1CN(S(=O)(=O)c2ccc(Cl)c(Cl)c2)CC1C(=O)O. The molecule has 0 aromatic heterocycles. The van der Waals surface area contributed by atoms with Crippen molar-refractivity contribution in [3.8, 4) is 0 Å². The molecule has 1 heterocycles. The van der Waals surface area contributed by atoms with Crippen LogP contribution in [0.1, 0.15) is 6.92 Å². The monoisotopic (exact) mass is 337 g/mol. The molecule has 1 aromatic carbocycles. The predicted octanol–water partition coefficient (Wildman–Crippen LogP) is 2.33. The maximum absolute atomic E-state index is 12.4. The average molecular weight is 338 g/mol. The molecule has 1 aliphatic heterocycles. The highest BCUT2D eigenvalue weighted by atomic mass is 35.5. The first-order valence-corrected chi connectivity index (χ1v) is 8.11. The Morgan fingerprint density at radius 3 is 2.45 bits per heavy atom. The van der Waals surface area contributed by atoms with Gasteiger partial charge in [-0.05, 0) is 24.1 Å². The molecular formula is C12H13Cl2NO4S. The minimum absolute atomic E-state index is 0.0186. The first kappa shape index (κ1) is 15.6. The van der Waals surface area contributed by atoms with Gasteiger partial charge in [-0.1, -0.05) is 30.1 Å². The summed E-state index contributed by atoms with van der Waals surface area (Å²) < 4.78 is 26.1. The molecule has 0 amide bonds. The quantitative estimate of drug-likeness (QED) is 0.918. The van der Waals surface area contributed by atoms with Gasteiger partial charge in [0.25, 0.3) is 0 Å². The van der Waals surface area contributed by atoms with Crippen molar-refractivity contribution in [1.82, 2.24) is 4.31 Å². The molecule has 0 saturated carbocycles. The van der Waals surface area contributed by atoms with Gasteiger partial charge in [0.2, 0.25) is 10.0 Å². The van der Waals surface area contributed by atoms with E-state index in [0.29, 0.717) is 0 Å². The van der Waals surface area contributed by atoms with E-state index in [4.69, 9.17) is 28.3 Å². The van der Waals surface area contributed by atoms with Gasteiger partial charge in [-0.3, -0.25) is 4.79 Å². The minimum atomic E-state index is -3.75. The van der Waals surface area contributed by atoms with E-state index < -0.39 is 21.9 Å². The Labute approximate surface area is 127 Å². The lowest BCUT2D eigenvalue weighted by molar-refractivity contribution is -0.142. The van der Waals surface area contributed by atoms with Crippen LogP contribution in [-0.2, 0) is 14.8 Å². The van der Waals surface area contributed by atoms with Crippen molar-refractivity contribution in [1.29, 1.82) is 0 Å². The molecule has 0 aliphatic carbocycles. The Hall–Kier alpha value is -0.820. The van der Waals surface area contributed by atoms with Crippen LogP contribution in [0.4, 0.5) is 0 Å². The number of nitrogens with zero attached hydrogens (tertiary/aromatic N) is 1. The van der Waals surface area contributed by atoms with Gasteiger partial charge < -0.3 is 5.11 Å². The summed E-state index contributed by atoms with van der Waals surface area (Å²) in [4.78, 5) is 11.1. The number of carbonyl (C=O) groups is 1. The molecule has 0 spiro atoms. The topological polar surface area (TPSA) is 74.7 Å². The molecule has 5 nitrogen and oxygen atoms in total. The maximum Gasteiger partial charge on any atom is 0.308 e. The zero-order chi connectivity index (χ0) is 15.1. The largest absolute Gasteiger partial charge is 0.481 e. The molecule has 1 fully saturated rings. The van der Waals surface area contributed by atoms with Crippen LogP contribution in [0.5, 0.6) is 0 Å². The summed E-state index contributed by atoms with van der Waals surface area (Å²) in [6.07, 6.45) is 0. The number of sulfonamides is 1. The normalized spacial score (nSPS) is 23.9. The fourth-order valence-electron chi connectivity index (χ4n) is 2.23. The molecule has 1 aliphatic rings. The van der Waals surface area contributed by atoms with Crippen molar-refractivity contribution in [2.24, 2.45) is 11.8 Å². The molecule has 110 valence electrons. The Morgan fingerprint density at radius 1 is 1.30 bits per heavy atom. The molecule has 0 bridgehead atoms. The Morgan fingerprint density at radius 2 is 1.95 bits per heavy atom. The fraction of sp³-hybridized carbons (Fsp3) is 0.417. The van der Waals surface area contributed by atoms with Crippen LogP contribution in [0, 0.1) is 11.8 Å². The number of aliphatic carboxylic acids is 1. The van der Waals surface area contributed by atoms with E-state index in [2.05, 4.69) is 0 Å². The minimum Gasteiger partial charge on any atom is -0.481 e. The van der Waals surface area contributed by atoms with Gasteiger partial charge in [0.1, 0.15) is 0 Å². The molecule has 1 aromatic rings. The third-order valence-electron chi connectivity index (χ3n) is 3.42. The molecule has 1 N–H and O–H groups in total. The highest BCUT2D eigenvalue weighted by molar-refractivity contribution is 7.89. The second-order valence-electron chi connectivity index (χ2n) is 4.82. The van der Waals surface area contributed by atoms with Gasteiger partial charge in [-0.25, -0.2) is 8.42 Å². The van der Waals surface area contributed by atoms with E-state index in [1.54, 1.807) is 6.92 Å². The second kappa shape index (κ2) is 5.52. The lowest BCUT2D eigenvalue weighted by Crippen LogP contribution is -2.30. The van der Waals surface area contributed by atoms with Gasteiger partial charge in [-0.2, -0.15) is 4.31 Å². The average Bonchev–Trinajstić information content (AvgIpc) is 2.75. The first-order chi connectivity index (χ1) is 9.23. The van der Waals surface area contributed by atoms with Crippen LogP contribution < -0.4 is 0 Å². The van der Waals surface area contributed by atoms with Gasteiger partial charge in [0.05, 0.1) is 20.9 Å². The van der Waals surface area contributed by atoms with Gasteiger partial charge in [0, 0.05) is 13.1 Å². The van der Waals surface area contributed by atoms with Crippen LogP contribution in [0.2, 0.25) is 10.0 Å². The van der Waals surface area contributed by atoms with Crippen LogP contribution in [0.15, 0.2) is 23.1 Å². The summed E-state index contributed by atoms with van der Waals surface area (Å²) in [6, 6.07) is 4.05. The molecule has 20 heavy (non-hydrogen) atoms. The fourth-order valence-corrected chi connectivity index (χ4v) is 4.18. The van der Waals surface area contributed by atoms with E-state index in [1.165, 1.54) is 22.5 Å². The van der Waals surface area contributed by atoms with Gasteiger partial charge in [0.15, 0.2) is 0 Å². The standard InChI is InChI=1S/C12H13Cl2NO4S/c1-7-5-15(6-9(7)12(16)17)20(18,19)8-2-3-10(13)11(14)4-8/h2-4,7,9H,5-6H2,1H3,(H,16,17). The zero-order valence-corrected chi connectivity index (χ0v) is 12.9. The smallest absolute Gasteiger partial charge is 0.308 e. The number of hydrogen-bond donors (Lipinski definition) is 1. The van der Waals surface area contributed by atoms with E-state index in [9.17, 15) is 13.2 Å². The van der Waals surface area contributed by atoms with Gasteiger partial charge in [-0.15, -0.1) is 0 Å². The number of halogens is 2. The number of hydrogen-bond acceptors (Lipinski definition) is 3. The van der Waals surface area contributed by atoms with Crippen LogP contribution in [0.25, 0.3) is 0 Å². The molecule has 1 saturated heterocycles. The third kappa shape index (κ3) is 2.79. The lowest BCUT2D eigenvalue weighted by atomic mass is 9.99. The van der Waals surface area contributed by atoms with Crippen molar-refractivity contribution in [3.05, 3.63) is 28.2 Å². The molecule has 2 atom stereocenters. The van der Waals surface area contributed by atoms with Crippen LogP contribution in [-0.4, -0.2) is 36.9 Å². The summed E-state index contributed by atoms with van der Waals surface area (Å²) in [6.45, 7) is 1.88. The zero-order valence-electron chi connectivity index (χ0n) is 10.6. The van der Waals surface area contributed by atoms with Crippen molar-refractivity contribution in [3.63, 3.8) is 0 Å². The van der Waals surface area contributed by atoms with Crippen molar-refractivity contribution >= 4 is 39.2 Å². The summed E-state index contributed by atoms with van der Waals surface area (Å²) in [5.41, 5.74) is 0. The molecule has 0 radical (unpaired) electrons. The van der Waals surface area contributed by atoms with Crippen molar-refractivity contribution < 1.29 is 18.3 Å². The third-order valence-corrected chi connectivity index (χ3v) is 5.99. The Kier molecular flexibility index (Phi) is 4.30. The van der Waals surface area contributed by atoms with E-state index in [-0.39, 0.29) is 33.9 Å². The van der Waals surface area contributed by atoms with E-state index >= 15 is 0 Å². The highest BCUT2D eigenvalue weighted by Crippen LogP contribution is 2.31. The van der Waals surface area contributed by atoms with Crippen LogP contribution >= 0.6 is 23.2 Å². The van der Waals surface area contributed by atoms with Crippen LogP contribution in [0.3, 0.4) is 0 Å². The molecule has 2 rings (SSSR count). The number of carboxylic acid groups (broad SMARTS) is 1. The first-order valence-electron chi connectivity index (χ1n) is 5.91. The van der Waals surface area contributed by atoms with Crippen molar-refractivity contribution in [2.75, 3.05) is 13.1 Å². The van der Waals surface area contributed by atoms with E-state index in [0.717, 1.165) is 0 Å². The molecule has 8 heteroatoms. The summed E-state index contributed by atoms with van der Waals surface area (Å²) in [5.74, 6) is -1.90. The maximum atomic E-state index is 12.4. The number of benzene rings is 1. The van der Waals surface area contributed by atoms with E-state index in [1.807, 2.05) is 0 Å². The second-order valence-corrected chi connectivity index (χ2v) is 7.57. The molecule has 2 unspecified atom stereocenters. The summed E-state index contributed by atoms with van der Waals surface area (Å²) >= 11 is 11.6. The number of rotatable bonds is 3. The van der Waals surface area contributed by atoms with Crippen molar-refractivity contribution in [2.45, 2.75) is 11.8 Å². The lowest BCUT2D eigenvalue weighted by Gasteiger charge is -2.16. The Bertz CT molecular complexity index is 647. The number of carboxylic acids is 1.